The molecule has 2 saturated carbocycles. The Morgan fingerprint density at radius 2 is 1.69 bits per heavy atom. The maximum Gasteiger partial charge on any atom is 0.410 e. The van der Waals surface area contributed by atoms with Crippen LogP contribution in [0.15, 0.2) is 30.3 Å². The Kier molecular flexibility index (Phi) is 9.32. The first kappa shape index (κ1) is 36.6. The summed E-state index contributed by atoms with van der Waals surface area (Å²) >= 11 is 6.29. The standard InChI is InChI=1S/C42H52ClN5O4/c1-39(2,3)52-38(50)46-21-19-42(20-22-46)25-47(26-42)29-14-10-27(11-15-29)9-12-28-13-17-31-34(45-28)24-48(35(31)49)36-40(4,5)37(41(36,6)7)51-30-16-18-33(44-8)32(43)23-30/h13,16-18,23,27,29,36-37H,10-11,14-15,19-22,24-26H2,1-7H3. The van der Waals surface area contributed by atoms with E-state index in [1.54, 1.807) is 18.2 Å². The molecule has 2 aliphatic carbocycles. The number of piperidine rings is 1. The van der Waals surface area contributed by atoms with Crippen LogP contribution in [0.5, 0.6) is 5.75 Å². The molecule has 0 radical (unpaired) electrons. The van der Waals surface area contributed by atoms with Crippen molar-refractivity contribution in [3.05, 3.63) is 63.7 Å². The third-order valence-electron chi connectivity index (χ3n) is 12.3. The Morgan fingerprint density at radius 1 is 1.02 bits per heavy atom. The van der Waals surface area contributed by atoms with E-state index >= 15 is 0 Å². The van der Waals surface area contributed by atoms with Gasteiger partial charge in [-0.1, -0.05) is 51.3 Å². The second-order valence-electron chi connectivity index (χ2n) is 18.0. The summed E-state index contributed by atoms with van der Waals surface area (Å²) in [6.07, 6.45) is 6.29. The number of carbonyl (C=O) groups is 2. The number of amides is 2. The fourth-order valence-electron chi connectivity index (χ4n) is 10.1. The lowest BCUT2D eigenvalue weighted by molar-refractivity contribution is -0.199. The Bertz CT molecular complexity index is 1830. The summed E-state index contributed by atoms with van der Waals surface area (Å²) in [6.45, 7) is 25.9. The minimum atomic E-state index is -0.456. The zero-order valence-electron chi connectivity index (χ0n) is 31.7. The van der Waals surface area contributed by atoms with E-state index in [2.05, 4.69) is 49.3 Å². The molecule has 9 nitrogen and oxygen atoms in total. The normalized spacial score (nSPS) is 27.4. The van der Waals surface area contributed by atoms with Gasteiger partial charge in [0.25, 0.3) is 5.91 Å². The Morgan fingerprint density at radius 3 is 2.31 bits per heavy atom. The summed E-state index contributed by atoms with van der Waals surface area (Å²) in [7, 11) is 0. The summed E-state index contributed by atoms with van der Waals surface area (Å²) in [6, 6.07) is 9.53. The van der Waals surface area contributed by atoms with Gasteiger partial charge in [0.1, 0.15) is 23.1 Å². The smallest absolute Gasteiger partial charge is 0.410 e. The number of fused-ring (bicyclic) bond motifs is 1. The van der Waals surface area contributed by atoms with Crippen LogP contribution in [0.25, 0.3) is 4.85 Å². The van der Waals surface area contributed by atoms with Crippen molar-refractivity contribution in [1.82, 2.24) is 19.7 Å². The molecule has 5 aliphatic rings. The molecule has 0 unspecified atom stereocenters. The van der Waals surface area contributed by atoms with Crippen molar-refractivity contribution in [2.45, 2.75) is 117 Å². The molecule has 0 N–H and O–H groups in total. The zero-order chi connectivity index (χ0) is 37.2. The van der Waals surface area contributed by atoms with E-state index in [1.165, 1.54) is 0 Å². The van der Waals surface area contributed by atoms with Gasteiger partial charge < -0.3 is 19.3 Å². The number of nitrogens with zero attached hydrogens (tertiary/aromatic N) is 5. The lowest BCUT2D eigenvalue weighted by Gasteiger charge is -2.65. The van der Waals surface area contributed by atoms with Crippen molar-refractivity contribution in [3.63, 3.8) is 0 Å². The molecular formula is C42H52ClN5O4. The molecular weight excluding hydrogens is 674 g/mol. The minimum Gasteiger partial charge on any atom is -0.489 e. The third-order valence-corrected chi connectivity index (χ3v) is 12.6. The van der Waals surface area contributed by atoms with Crippen LogP contribution in [-0.2, 0) is 11.3 Å². The highest BCUT2D eigenvalue weighted by atomic mass is 35.5. The highest BCUT2D eigenvalue weighted by molar-refractivity contribution is 6.33. The second kappa shape index (κ2) is 13.3. The van der Waals surface area contributed by atoms with Crippen molar-refractivity contribution in [1.29, 1.82) is 0 Å². The van der Waals surface area contributed by atoms with E-state index in [0.29, 0.717) is 45.9 Å². The van der Waals surface area contributed by atoms with Gasteiger partial charge in [-0.25, -0.2) is 14.6 Å². The summed E-state index contributed by atoms with van der Waals surface area (Å²) in [4.78, 5) is 41.1. The van der Waals surface area contributed by atoms with Crippen LogP contribution < -0.4 is 4.74 Å². The quantitative estimate of drug-likeness (QED) is 0.233. The predicted octanol–water partition coefficient (Wildman–Crippen LogP) is 8.37. The van der Waals surface area contributed by atoms with E-state index in [4.69, 9.17) is 32.6 Å². The number of benzene rings is 1. The Hall–Kier alpha value is -3.79. The average Bonchev–Trinajstić information content (AvgIpc) is 3.38. The number of carbonyl (C=O) groups excluding carboxylic acids is 2. The molecule has 52 heavy (non-hydrogen) atoms. The maximum absolute atomic E-state index is 13.7. The van der Waals surface area contributed by atoms with Crippen molar-refractivity contribution in [2.24, 2.45) is 22.2 Å². The molecule has 3 aliphatic heterocycles. The first-order valence-electron chi connectivity index (χ1n) is 18.9. The topological polar surface area (TPSA) is 79.6 Å². The van der Waals surface area contributed by atoms with Crippen LogP contribution in [0, 0.1) is 40.6 Å². The van der Waals surface area contributed by atoms with Gasteiger partial charge in [-0.3, -0.25) is 9.69 Å². The molecule has 276 valence electrons. The molecule has 2 amide bonds. The number of halogens is 1. The number of rotatable bonds is 4. The van der Waals surface area contributed by atoms with E-state index in [9.17, 15) is 9.59 Å². The molecule has 0 bridgehead atoms. The summed E-state index contributed by atoms with van der Waals surface area (Å²) in [5, 5.41) is 0.373. The predicted molar refractivity (Wildman–Crippen MR) is 201 cm³/mol. The van der Waals surface area contributed by atoms with E-state index in [-0.39, 0.29) is 35.0 Å². The third kappa shape index (κ3) is 6.76. The van der Waals surface area contributed by atoms with Gasteiger partial charge in [0.15, 0.2) is 0 Å². The van der Waals surface area contributed by atoms with Crippen LogP contribution in [0.2, 0.25) is 5.02 Å². The summed E-state index contributed by atoms with van der Waals surface area (Å²) < 4.78 is 12.1. The fourth-order valence-corrected chi connectivity index (χ4v) is 10.3. The number of hydrogen-bond donors (Lipinski definition) is 0. The number of pyridine rings is 1. The molecule has 4 fully saturated rings. The molecule has 0 atom stereocenters. The minimum absolute atomic E-state index is 0.00996. The van der Waals surface area contributed by atoms with Gasteiger partial charge in [-0.2, -0.15) is 0 Å². The number of likely N-dealkylation sites (tertiary alicyclic amines) is 2. The summed E-state index contributed by atoms with van der Waals surface area (Å²) in [5.74, 6) is 7.88. The van der Waals surface area contributed by atoms with E-state index < -0.39 is 5.60 Å². The summed E-state index contributed by atoms with van der Waals surface area (Å²) in [5.41, 5.74) is 1.82. The molecule has 1 aromatic carbocycles. The Labute approximate surface area is 314 Å². The van der Waals surface area contributed by atoms with Crippen LogP contribution in [-0.4, -0.2) is 81.7 Å². The average molecular weight is 726 g/mol. The van der Waals surface area contributed by atoms with Gasteiger partial charge in [0, 0.05) is 55.0 Å². The fraction of sp³-hybridized carbons (Fsp3) is 0.619. The van der Waals surface area contributed by atoms with Crippen LogP contribution in [0.1, 0.15) is 109 Å². The van der Waals surface area contributed by atoms with E-state index in [0.717, 1.165) is 76.1 Å². The molecule has 2 aromatic rings. The number of aromatic nitrogens is 1. The van der Waals surface area contributed by atoms with E-state index in [1.807, 2.05) is 42.7 Å². The number of ether oxygens (including phenoxy) is 2. The van der Waals surface area contributed by atoms with Crippen molar-refractivity contribution >= 4 is 29.3 Å². The number of hydrogen-bond acceptors (Lipinski definition) is 6. The molecule has 1 aromatic heterocycles. The van der Waals surface area contributed by atoms with Gasteiger partial charge in [0.05, 0.1) is 29.4 Å². The first-order chi connectivity index (χ1) is 24.5. The SMILES string of the molecule is [C-]#[N+]c1ccc(OC2C(C)(C)C(N3Cc4nc(C#CC5CCC(N6CC7(CCN(C(=O)OC(C)(C)C)CC7)C6)CC5)ccc4C3=O)C2(C)C)cc1Cl. The zero-order valence-corrected chi connectivity index (χ0v) is 32.5. The molecule has 2 saturated heterocycles. The largest absolute Gasteiger partial charge is 0.489 e. The molecule has 1 spiro atoms. The van der Waals surface area contributed by atoms with Crippen molar-refractivity contribution < 1.29 is 19.1 Å². The lowest BCUT2D eigenvalue weighted by Crippen LogP contribution is -2.74. The molecule has 4 heterocycles. The Balaban J connectivity index is 0.905. The monoisotopic (exact) mass is 725 g/mol. The van der Waals surface area contributed by atoms with Crippen LogP contribution in [0.4, 0.5) is 10.5 Å². The lowest BCUT2D eigenvalue weighted by atomic mass is 9.49. The first-order valence-corrected chi connectivity index (χ1v) is 19.3. The van der Waals surface area contributed by atoms with Crippen molar-refractivity contribution in [2.75, 3.05) is 26.2 Å². The van der Waals surface area contributed by atoms with Gasteiger partial charge >= 0.3 is 6.09 Å². The second-order valence-corrected chi connectivity index (χ2v) is 18.4. The molecule has 10 heteroatoms. The van der Waals surface area contributed by atoms with Gasteiger partial charge in [0.2, 0.25) is 5.69 Å². The highest BCUT2D eigenvalue weighted by Crippen LogP contribution is 2.59. The van der Waals surface area contributed by atoms with Gasteiger partial charge in [-0.15, -0.1) is 0 Å². The molecule has 7 rings (SSSR count). The van der Waals surface area contributed by atoms with Crippen LogP contribution >= 0.6 is 11.6 Å². The maximum atomic E-state index is 13.7. The van der Waals surface area contributed by atoms with Gasteiger partial charge in [-0.05, 0) is 94.9 Å². The van der Waals surface area contributed by atoms with Crippen LogP contribution in [0.3, 0.4) is 0 Å². The highest BCUT2D eigenvalue weighted by Gasteiger charge is 2.67. The van der Waals surface area contributed by atoms with Crippen molar-refractivity contribution in [3.8, 4) is 17.6 Å².